The summed E-state index contributed by atoms with van der Waals surface area (Å²) in [6.45, 7) is 5.28. The molecule has 1 N–H and O–H groups in total. The maximum Gasteiger partial charge on any atom is 0.317 e. The number of hydrogen-bond donors (Lipinski definition) is 1. The minimum Gasteiger partial charge on any atom is -0.497 e. The first-order chi connectivity index (χ1) is 11.6. The summed E-state index contributed by atoms with van der Waals surface area (Å²) in [5.41, 5.74) is 2.28. The Bertz CT molecular complexity index is 641. The van der Waals surface area contributed by atoms with Gasteiger partial charge in [-0.3, -0.25) is 0 Å². The van der Waals surface area contributed by atoms with Crippen LogP contribution in [0.25, 0.3) is 0 Å². The molecule has 0 aliphatic carbocycles. The molecule has 0 aromatic heterocycles. The minimum absolute atomic E-state index is 0.0308. The van der Waals surface area contributed by atoms with Crippen LogP contribution in [0.15, 0.2) is 54.6 Å². The zero-order valence-corrected chi connectivity index (χ0v) is 14.7. The largest absolute Gasteiger partial charge is 0.497 e. The van der Waals surface area contributed by atoms with Gasteiger partial charge >= 0.3 is 6.03 Å². The molecule has 0 aliphatic heterocycles. The molecule has 0 atom stereocenters. The van der Waals surface area contributed by atoms with Crippen LogP contribution in [0.2, 0.25) is 0 Å². The lowest BCUT2D eigenvalue weighted by Gasteiger charge is -2.27. The Kier molecular flexibility index (Phi) is 6.67. The van der Waals surface area contributed by atoms with E-state index in [0.717, 1.165) is 23.3 Å². The molecule has 0 heterocycles. The highest BCUT2D eigenvalue weighted by Gasteiger charge is 2.16. The van der Waals surface area contributed by atoms with Crippen molar-refractivity contribution in [3.05, 3.63) is 65.7 Å². The van der Waals surface area contributed by atoms with Gasteiger partial charge in [0.05, 0.1) is 7.11 Å². The Morgan fingerprint density at radius 1 is 1.08 bits per heavy atom. The van der Waals surface area contributed by atoms with Gasteiger partial charge in [-0.25, -0.2) is 4.79 Å². The quantitative estimate of drug-likeness (QED) is 0.839. The Balaban J connectivity index is 1.88. The third-order valence-corrected chi connectivity index (χ3v) is 3.90. The van der Waals surface area contributed by atoms with Crippen molar-refractivity contribution in [2.24, 2.45) is 0 Å². The average Bonchev–Trinajstić information content (AvgIpc) is 2.60. The second-order valence-electron chi connectivity index (χ2n) is 6.04. The number of ether oxygens (including phenoxy) is 1. The maximum atomic E-state index is 12.5. The molecule has 0 saturated carbocycles. The summed E-state index contributed by atoms with van der Waals surface area (Å²) < 4.78 is 5.22. The number of nitrogens with one attached hydrogen (secondary N) is 1. The number of amides is 2. The van der Waals surface area contributed by atoms with Gasteiger partial charge < -0.3 is 15.0 Å². The number of rotatable bonds is 7. The van der Waals surface area contributed by atoms with E-state index in [1.54, 1.807) is 7.11 Å². The van der Waals surface area contributed by atoms with Crippen LogP contribution in [-0.4, -0.2) is 30.6 Å². The lowest BCUT2D eigenvalue weighted by atomic mass is 10.1. The molecule has 4 nitrogen and oxygen atoms in total. The Hall–Kier alpha value is -2.49. The minimum atomic E-state index is -0.0308. The van der Waals surface area contributed by atoms with Crippen molar-refractivity contribution in [2.75, 3.05) is 13.7 Å². The van der Waals surface area contributed by atoms with E-state index in [4.69, 9.17) is 4.74 Å². The van der Waals surface area contributed by atoms with E-state index in [0.29, 0.717) is 13.1 Å². The van der Waals surface area contributed by atoms with Crippen molar-refractivity contribution in [3.8, 4) is 5.75 Å². The molecule has 4 heteroatoms. The van der Waals surface area contributed by atoms with Crippen molar-refractivity contribution < 1.29 is 9.53 Å². The molecule has 0 radical (unpaired) electrons. The first-order valence-electron chi connectivity index (χ1n) is 8.31. The van der Waals surface area contributed by atoms with Gasteiger partial charge in [0, 0.05) is 19.1 Å². The molecule has 0 saturated heterocycles. The molecule has 0 spiro atoms. The smallest absolute Gasteiger partial charge is 0.317 e. The third kappa shape index (κ3) is 5.30. The maximum absolute atomic E-state index is 12.5. The van der Waals surface area contributed by atoms with E-state index in [9.17, 15) is 4.79 Å². The number of benzene rings is 2. The topological polar surface area (TPSA) is 41.6 Å². The van der Waals surface area contributed by atoms with Crippen molar-refractivity contribution in [3.63, 3.8) is 0 Å². The van der Waals surface area contributed by atoms with Crippen molar-refractivity contribution in [2.45, 2.75) is 32.9 Å². The lowest BCUT2D eigenvalue weighted by Crippen LogP contribution is -2.44. The summed E-state index contributed by atoms with van der Waals surface area (Å²) in [6.07, 6.45) is 0.778. The molecular weight excluding hydrogens is 300 g/mol. The summed E-state index contributed by atoms with van der Waals surface area (Å²) in [5, 5.41) is 3.02. The molecule has 2 rings (SSSR count). The van der Waals surface area contributed by atoms with Crippen LogP contribution in [0, 0.1) is 0 Å². The van der Waals surface area contributed by atoms with E-state index in [1.165, 1.54) is 0 Å². The van der Waals surface area contributed by atoms with Gasteiger partial charge in [0.2, 0.25) is 0 Å². The van der Waals surface area contributed by atoms with Crippen molar-refractivity contribution in [1.29, 1.82) is 0 Å². The molecule has 2 aromatic rings. The highest BCUT2D eigenvalue weighted by atomic mass is 16.5. The van der Waals surface area contributed by atoms with Crippen molar-refractivity contribution in [1.82, 2.24) is 10.2 Å². The van der Waals surface area contributed by atoms with Crippen LogP contribution < -0.4 is 10.1 Å². The van der Waals surface area contributed by atoms with Gasteiger partial charge in [0.15, 0.2) is 0 Å². The number of carbonyl (C=O) groups excluding carboxylic acids is 1. The van der Waals surface area contributed by atoms with Gasteiger partial charge in [-0.15, -0.1) is 0 Å². The van der Waals surface area contributed by atoms with Gasteiger partial charge in [0.25, 0.3) is 0 Å². The molecular formula is C20H26N2O2. The Morgan fingerprint density at radius 3 is 2.46 bits per heavy atom. The molecule has 0 aliphatic rings. The fourth-order valence-electron chi connectivity index (χ4n) is 2.51. The SMILES string of the molecule is COc1cccc(CCNC(=O)N(Cc2ccccc2)C(C)C)c1. The van der Waals surface area contributed by atoms with E-state index in [1.807, 2.05) is 73.3 Å². The van der Waals surface area contributed by atoms with Crippen LogP contribution in [0.4, 0.5) is 4.79 Å². The fraction of sp³-hybridized carbons (Fsp3) is 0.350. The van der Waals surface area contributed by atoms with Gasteiger partial charge in [-0.2, -0.15) is 0 Å². The van der Waals surface area contributed by atoms with Gasteiger partial charge in [-0.1, -0.05) is 42.5 Å². The highest BCUT2D eigenvalue weighted by Crippen LogP contribution is 2.13. The highest BCUT2D eigenvalue weighted by molar-refractivity contribution is 5.74. The first-order valence-corrected chi connectivity index (χ1v) is 8.31. The zero-order chi connectivity index (χ0) is 17.4. The molecule has 0 unspecified atom stereocenters. The second kappa shape index (κ2) is 8.96. The van der Waals surface area contributed by atoms with Crippen molar-refractivity contribution >= 4 is 6.03 Å². The molecule has 2 amide bonds. The van der Waals surface area contributed by atoms with E-state index >= 15 is 0 Å². The van der Waals surface area contributed by atoms with Crippen LogP contribution in [0.3, 0.4) is 0 Å². The summed E-state index contributed by atoms with van der Waals surface area (Å²) in [7, 11) is 1.66. The van der Waals surface area contributed by atoms with E-state index in [-0.39, 0.29) is 12.1 Å². The van der Waals surface area contributed by atoms with E-state index in [2.05, 4.69) is 5.32 Å². The molecule has 0 fully saturated rings. The predicted octanol–water partition coefficient (Wildman–Crippen LogP) is 3.86. The predicted molar refractivity (Wildman–Crippen MR) is 97.2 cm³/mol. The van der Waals surface area contributed by atoms with Crippen LogP contribution in [-0.2, 0) is 13.0 Å². The zero-order valence-electron chi connectivity index (χ0n) is 14.7. The number of methoxy groups -OCH3 is 1. The molecule has 0 bridgehead atoms. The number of nitrogens with zero attached hydrogens (tertiary/aromatic N) is 1. The third-order valence-electron chi connectivity index (χ3n) is 3.90. The monoisotopic (exact) mass is 326 g/mol. The average molecular weight is 326 g/mol. The lowest BCUT2D eigenvalue weighted by molar-refractivity contribution is 0.180. The normalized spacial score (nSPS) is 10.5. The summed E-state index contributed by atoms with van der Waals surface area (Å²) in [4.78, 5) is 14.3. The van der Waals surface area contributed by atoms with Gasteiger partial charge in [-0.05, 0) is 43.5 Å². The summed E-state index contributed by atoms with van der Waals surface area (Å²) >= 11 is 0. The van der Waals surface area contributed by atoms with Crippen LogP contribution in [0.1, 0.15) is 25.0 Å². The van der Waals surface area contributed by atoms with Crippen LogP contribution in [0.5, 0.6) is 5.75 Å². The molecule has 2 aromatic carbocycles. The first kappa shape index (κ1) is 17.9. The number of hydrogen-bond acceptors (Lipinski definition) is 2. The fourth-order valence-corrected chi connectivity index (χ4v) is 2.51. The molecule has 128 valence electrons. The standard InChI is InChI=1S/C20H26N2O2/c1-16(2)22(15-18-8-5-4-6-9-18)20(23)21-13-12-17-10-7-11-19(14-17)24-3/h4-11,14,16H,12-13,15H2,1-3H3,(H,21,23). The van der Waals surface area contributed by atoms with Crippen LogP contribution >= 0.6 is 0 Å². The second-order valence-corrected chi connectivity index (χ2v) is 6.04. The summed E-state index contributed by atoms with van der Waals surface area (Å²) in [5.74, 6) is 0.840. The summed E-state index contributed by atoms with van der Waals surface area (Å²) in [6, 6.07) is 18.1. The number of carbonyl (C=O) groups is 1. The van der Waals surface area contributed by atoms with E-state index < -0.39 is 0 Å². The Labute approximate surface area is 144 Å². The molecule has 24 heavy (non-hydrogen) atoms. The Morgan fingerprint density at radius 2 is 1.79 bits per heavy atom. The number of urea groups is 1. The van der Waals surface area contributed by atoms with Gasteiger partial charge in [0.1, 0.15) is 5.75 Å².